The number of imidazole rings is 1. The Morgan fingerprint density at radius 2 is 2.25 bits per heavy atom. The van der Waals surface area contributed by atoms with Crippen LogP contribution in [0.15, 0.2) is 30.6 Å². The zero-order valence-corrected chi connectivity index (χ0v) is 16.8. The van der Waals surface area contributed by atoms with Gasteiger partial charge in [-0.15, -0.1) is 11.3 Å². The Morgan fingerprint density at radius 1 is 1.39 bits per heavy atom. The first-order valence-corrected chi connectivity index (χ1v) is 10.4. The summed E-state index contributed by atoms with van der Waals surface area (Å²) in [6.45, 7) is 4.32. The molecule has 1 unspecified atom stereocenters. The van der Waals surface area contributed by atoms with Crippen LogP contribution in [0, 0.1) is 5.92 Å². The number of hydrogen-bond acceptors (Lipinski definition) is 5. The molecule has 3 heterocycles. The summed E-state index contributed by atoms with van der Waals surface area (Å²) in [6.07, 6.45) is 6.74. The van der Waals surface area contributed by atoms with Crippen LogP contribution in [0.2, 0.25) is 0 Å². The number of carbonyl (C=O) groups excluding carboxylic acids is 2. The third kappa shape index (κ3) is 3.67. The molecule has 0 aliphatic heterocycles. The van der Waals surface area contributed by atoms with Crippen molar-refractivity contribution in [2.75, 3.05) is 11.9 Å². The second kappa shape index (κ2) is 7.75. The lowest BCUT2D eigenvalue weighted by molar-refractivity contribution is -0.115. The summed E-state index contributed by atoms with van der Waals surface area (Å²) in [5.74, 6) is 0.0564. The second-order valence-corrected chi connectivity index (χ2v) is 8.30. The Kier molecular flexibility index (Phi) is 5.17. The number of thiophene rings is 1. The molecule has 3 aromatic heterocycles. The summed E-state index contributed by atoms with van der Waals surface area (Å²) in [5, 5.41) is 3.55. The van der Waals surface area contributed by atoms with Crippen LogP contribution in [0.5, 0.6) is 0 Å². The molecule has 7 heteroatoms. The average molecular weight is 398 g/mol. The minimum absolute atomic E-state index is 0.156. The number of hydrogen-bond donors (Lipinski definition) is 1. The smallest absolute Gasteiger partial charge is 0.341 e. The highest BCUT2D eigenvalue weighted by Crippen LogP contribution is 2.40. The molecular formula is C21H23N3O3S. The molecule has 0 spiro atoms. The molecule has 1 atom stereocenters. The van der Waals surface area contributed by atoms with Crippen molar-refractivity contribution < 1.29 is 14.3 Å². The van der Waals surface area contributed by atoms with E-state index < -0.39 is 0 Å². The molecule has 0 saturated carbocycles. The van der Waals surface area contributed by atoms with Gasteiger partial charge in [-0.1, -0.05) is 13.0 Å². The molecular weight excluding hydrogens is 374 g/mol. The number of rotatable bonds is 5. The topological polar surface area (TPSA) is 72.7 Å². The van der Waals surface area contributed by atoms with E-state index in [4.69, 9.17) is 4.74 Å². The minimum atomic E-state index is -0.349. The van der Waals surface area contributed by atoms with E-state index in [-0.39, 0.29) is 18.3 Å². The maximum atomic E-state index is 12.7. The van der Waals surface area contributed by atoms with Gasteiger partial charge in [0.05, 0.1) is 24.3 Å². The fourth-order valence-electron chi connectivity index (χ4n) is 3.67. The van der Waals surface area contributed by atoms with Gasteiger partial charge >= 0.3 is 5.97 Å². The number of carbonyl (C=O) groups is 2. The summed E-state index contributed by atoms with van der Waals surface area (Å²) in [6, 6.07) is 5.73. The van der Waals surface area contributed by atoms with Gasteiger partial charge in [0.15, 0.2) is 0 Å². The number of nitrogens with zero attached hydrogens (tertiary/aromatic N) is 2. The third-order valence-corrected chi connectivity index (χ3v) is 6.17. The van der Waals surface area contributed by atoms with Gasteiger partial charge < -0.3 is 14.5 Å². The second-order valence-electron chi connectivity index (χ2n) is 7.20. The average Bonchev–Trinajstić information content (AvgIpc) is 3.21. The van der Waals surface area contributed by atoms with Crippen molar-refractivity contribution in [2.45, 2.75) is 39.5 Å². The molecule has 0 aromatic carbocycles. The van der Waals surface area contributed by atoms with E-state index >= 15 is 0 Å². The maximum absolute atomic E-state index is 12.7. The molecule has 1 amide bonds. The van der Waals surface area contributed by atoms with Crippen molar-refractivity contribution in [1.82, 2.24) is 9.38 Å². The van der Waals surface area contributed by atoms with Crippen molar-refractivity contribution in [3.63, 3.8) is 0 Å². The number of amides is 1. The van der Waals surface area contributed by atoms with Crippen LogP contribution in [0.25, 0.3) is 5.65 Å². The fourth-order valence-corrected chi connectivity index (χ4v) is 5.08. The lowest BCUT2D eigenvalue weighted by Crippen LogP contribution is -2.18. The molecule has 1 aliphatic rings. The largest absolute Gasteiger partial charge is 0.462 e. The number of ether oxygens (including phenoxy) is 1. The van der Waals surface area contributed by atoms with Gasteiger partial charge in [0.1, 0.15) is 10.6 Å². The maximum Gasteiger partial charge on any atom is 0.341 e. The van der Waals surface area contributed by atoms with E-state index in [1.807, 2.05) is 35.0 Å². The molecule has 28 heavy (non-hydrogen) atoms. The van der Waals surface area contributed by atoms with Crippen LogP contribution in [0.4, 0.5) is 5.00 Å². The van der Waals surface area contributed by atoms with Gasteiger partial charge in [-0.2, -0.15) is 0 Å². The third-order valence-electron chi connectivity index (χ3n) is 5.00. The van der Waals surface area contributed by atoms with E-state index in [1.54, 1.807) is 6.92 Å². The van der Waals surface area contributed by atoms with Crippen molar-refractivity contribution in [2.24, 2.45) is 5.92 Å². The number of esters is 1. The number of anilines is 1. The molecule has 0 saturated heterocycles. The van der Waals surface area contributed by atoms with Gasteiger partial charge in [-0.05, 0) is 49.8 Å². The summed E-state index contributed by atoms with van der Waals surface area (Å²) in [4.78, 5) is 30.9. The summed E-state index contributed by atoms with van der Waals surface area (Å²) < 4.78 is 7.15. The van der Waals surface area contributed by atoms with Crippen molar-refractivity contribution in [3.8, 4) is 0 Å². The van der Waals surface area contributed by atoms with Gasteiger partial charge in [0, 0.05) is 17.3 Å². The SMILES string of the molecule is CCOC(=O)c1c(NC(=O)Cc2cn3ccccc3n2)sc2c1CCC(C)C2. The Labute approximate surface area is 167 Å². The first kappa shape index (κ1) is 18.7. The van der Waals surface area contributed by atoms with E-state index in [0.717, 1.165) is 30.5 Å². The highest BCUT2D eigenvalue weighted by atomic mass is 32.1. The van der Waals surface area contributed by atoms with Crippen LogP contribution < -0.4 is 5.32 Å². The van der Waals surface area contributed by atoms with Crippen LogP contribution in [-0.2, 0) is 28.8 Å². The quantitative estimate of drug-likeness (QED) is 0.663. The summed E-state index contributed by atoms with van der Waals surface area (Å²) >= 11 is 1.51. The Morgan fingerprint density at radius 3 is 3.04 bits per heavy atom. The van der Waals surface area contributed by atoms with Crippen LogP contribution >= 0.6 is 11.3 Å². The lowest BCUT2D eigenvalue weighted by atomic mass is 9.88. The van der Waals surface area contributed by atoms with Crippen molar-refractivity contribution in [1.29, 1.82) is 0 Å². The lowest BCUT2D eigenvalue weighted by Gasteiger charge is -2.18. The Hall–Kier alpha value is -2.67. The Balaban J connectivity index is 1.57. The van der Waals surface area contributed by atoms with E-state index in [9.17, 15) is 9.59 Å². The predicted molar refractivity (Wildman–Crippen MR) is 109 cm³/mol. The Bertz CT molecular complexity index is 1000. The highest BCUT2D eigenvalue weighted by molar-refractivity contribution is 7.17. The summed E-state index contributed by atoms with van der Waals surface area (Å²) in [7, 11) is 0. The van der Waals surface area contributed by atoms with Gasteiger partial charge in [-0.25, -0.2) is 9.78 Å². The van der Waals surface area contributed by atoms with E-state index in [0.29, 0.717) is 28.8 Å². The number of pyridine rings is 1. The van der Waals surface area contributed by atoms with E-state index in [1.165, 1.54) is 16.2 Å². The monoisotopic (exact) mass is 397 g/mol. The molecule has 1 aliphatic carbocycles. The fraction of sp³-hybridized carbons (Fsp3) is 0.381. The van der Waals surface area contributed by atoms with E-state index in [2.05, 4.69) is 17.2 Å². The number of nitrogens with one attached hydrogen (secondary N) is 1. The molecule has 3 aromatic rings. The number of aromatic nitrogens is 2. The molecule has 0 fully saturated rings. The minimum Gasteiger partial charge on any atom is -0.462 e. The molecule has 0 bridgehead atoms. The highest BCUT2D eigenvalue weighted by Gasteiger charge is 2.29. The number of fused-ring (bicyclic) bond motifs is 2. The van der Waals surface area contributed by atoms with Gasteiger partial charge in [0.2, 0.25) is 5.91 Å². The molecule has 6 nitrogen and oxygen atoms in total. The van der Waals surface area contributed by atoms with Crippen molar-refractivity contribution >= 4 is 33.9 Å². The molecule has 1 N–H and O–H groups in total. The zero-order chi connectivity index (χ0) is 19.7. The molecule has 4 rings (SSSR count). The van der Waals surface area contributed by atoms with Gasteiger partial charge in [0.25, 0.3) is 0 Å². The normalized spacial score (nSPS) is 16.0. The molecule has 146 valence electrons. The van der Waals surface area contributed by atoms with Crippen LogP contribution in [0.3, 0.4) is 0 Å². The standard InChI is InChI=1S/C21H23N3O3S/c1-3-27-21(26)19-15-8-7-13(2)10-16(15)28-20(19)23-18(25)11-14-12-24-9-5-4-6-17(24)22-14/h4-6,9,12-13H,3,7-8,10-11H2,1-2H3,(H,23,25). The van der Waals surface area contributed by atoms with Crippen molar-refractivity contribution in [3.05, 3.63) is 52.3 Å². The first-order chi connectivity index (χ1) is 13.5. The predicted octanol–water partition coefficient (Wildman–Crippen LogP) is 3.88. The summed E-state index contributed by atoms with van der Waals surface area (Å²) in [5.41, 5.74) is 3.08. The zero-order valence-electron chi connectivity index (χ0n) is 16.0. The van der Waals surface area contributed by atoms with Crippen LogP contribution in [0.1, 0.15) is 46.8 Å². The van der Waals surface area contributed by atoms with Crippen LogP contribution in [-0.4, -0.2) is 27.9 Å². The van der Waals surface area contributed by atoms with Gasteiger partial charge in [-0.3, -0.25) is 4.79 Å². The molecule has 0 radical (unpaired) electrons. The first-order valence-electron chi connectivity index (χ1n) is 9.59.